The molecule has 0 spiro atoms. The summed E-state index contributed by atoms with van der Waals surface area (Å²) in [5, 5.41) is 0. The van der Waals surface area contributed by atoms with Crippen LogP contribution < -0.4 is 9.80 Å². The number of piperazine rings is 1. The summed E-state index contributed by atoms with van der Waals surface area (Å²) < 4.78 is 14.0. The molecule has 5 nitrogen and oxygen atoms in total. The Morgan fingerprint density at radius 1 is 1.00 bits per heavy atom. The quantitative estimate of drug-likeness (QED) is 0.728. The number of anilines is 2. The van der Waals surface area contributed by atoms with Crippen molar-refractivity contribution in [3.8, 4) is 0 Å². The Hall–Kier alpha value is -2.63. The lowest BCUT2D eigenvalue weighted by molar-refractivity contribution is 0.0749. The number of pyridine rings is 1. The van der Waals surface area contributed by atoms with Crippen molar-refractivity contribution in [2.75, 3.05) is 49.1 Å². The minimum Gasteiger partial charge on any atom is -0.367 e. The van der Waals surface area contributed by atoms with Gasteiger partial charge in [0.15, 0.2) is 0 Å². The van der Waals surface area contributed by atoms with Crippen LogP contribution in [0.25, 0.3) is 0 Å². The fourth-order valence-corrected chi connectivity index (χ4v) is 3.63. The van der Waals surface area contributed by atoms with E-state index < -0.39 is 0 Å². The zero-order chi connectivity index (χ0) is 19.9. The van der Waals surface area contributed by atoms with Gasteiger partial charge in [-0.2, -0.15) is 0 Å². The molecule has 0 atom stereocenters. The first kappa shape index (κ1) is 20.1. The van der Waals surface area contributed by atoms with Crippen LogP contribution in [0.1, 0.15) is 37.2 Å². The third-order valence-corrected chi connectivity index (χ3v) is 5.08. The topological polar surface area (TPSA) is 39.7 Å². The molecule has 0 N–H and O–H groups in total. The van der Waals surface area contributed by atoms with Crippen LogP contribution in [0.4, 0.5) is 15.8 Å². The Morgan fingerprint density at radius 2 is 1.64 bits per heavy atom. The largest absolute Gasteiger partial charge is 0.367 e. The van der Waals surface area contributed by atoms with Crippen molar-refractivity contribution in [1.29, 1.82) is 0 Å². The SMILES string of the molecule is CCCN(CCC)C(=O)c1ccc(N2CCN(c3ccccc3F)CC2)cn1. The lowest BCUT2D eigenvalue weighted by Crippen LogP contribution is -2.46. The van der Waals surface area contributed by atoms with Crippen LogP contribution in [0.5, 0.6) is 0 Å². The number of hydrogen-bond donors (Lipinski definition) is 0. The van der Waals surface area contributed by atoms with Gasteiger partial charge in [-0.1, -0.05) is 26.0 Å². The van der Waals surface area contributed by atoms with E-state index in [1.54, 1.807) is 12.3 Å². The molecule has 0 radical (unpaired) electrons. The second kappa shape index (κ2) is 9.53. The summed E-state index contributed by atoms with van der Waals surface area (Å²) >= 11 is 0. The molecule has 0 aliphatic carbocycles. The van der Waals surface area contributed by atoms with Crippen molar-refractivity contribution in [3.05, 3.63) is 54.1 Å². The summed E-state index contributed by atoms with van der Waals surface area (Å²) in [7, 11) is 0. The van der Waals surface area contributed by atoms with Crippen molar-refractivity contribution in [2.24, 2.45) is 0 Å². The van der Waals surface area contributed by atoms with Crippen LogP contribution in [0.15, 0.2) is 42.6 Å². The summed E-state index contributed by atoms with van der Waals surface area (Å²) in [6, 6.07) is 10.7. The summed E-state index contributed by atoms with van der Waals surface area (Å²) in [4.78, 5) is 23.3. The average molecular weight is 384 g/mol. The second-order valence-electron chi connectivity index (χ2n) is 7.12. The van der Waals surface area contributed by atoms with E-state index in [1.807, 2.05) is 29.2 Å². The van der Waals surface area contributed by atoms with Crippen molar-refractivity contribution >= 4 is 17.3 Å². The number of carbonyl (C=O) groups is 1. The van der Waals surface area contributed by atoms with Gasteiger partial charge in [-0.25, -0.2) is 9.37 Å². The van der Waals surface area contributed by atoms with Gasteiger partial charge in [-0.3, -0.25) is 4.79 Å². The van der Waals surface area contributed by atoms with Gasteiger partial charge >= 0.3 is 0 Å². The first-order valence-electron chi connectivity index (χ1n) is 10.1. The van der Waals surface area contributed by atoms with E-state index in [9.17, 15) is 9.18 Å². The van der Waals surface area contributed by atoms with Gasteiger partial charge in [0, 0.05) is 39.3 Å². The number of para-hydroxylation sites is 1. The normalized spacial score (nSPS) is 14.2. The predicted molar refractivity (Wildman–Crippen MR) is 112 cm³/mol. The van der Waals surface area contributed by atoms with Gasteiger partial charge in [-0.05, 0) is 37.1 Å². The van der Waals surface area contributed by atoms with E-state index in [-0.39, 0.29) is 11.7 Å². The zero-order valence-corrected chi connectivity index (χ0v) is 16.8. The molecular formula is C22H29FN4O. The van der Waals surface area contributed by atoms with Crippen molar-refractivity contribution in [3.63, 3.8) is 0 Å². The van der Waals surface area contributed by atoms with E-state index >= 15 is 0 Å². The Balaban J connectivity index is 1.61. The Labute approximate surface area is 166 Å². The molecule has 150 valence electrons. The van der Waals surface area contributed by atoms with E-state index in [4.69, 9.17) is 0 Å². The van der Waals surface area contributed by atoms with E-state index in [2.05, 4.69) is 28.6 Å². The van der Waals surface area contributed by atoms with Crippen molar-refractivity contribution in [2.45, 2.75) is 26.7 Å². The van der Waals surface area contributed by atoms with Crippen LogP contribution in [0.3, 0.4) is 0 Å². The number of nitrogens with zero attached hydrogens (tertiary/aromatic N) is 4. The van der Waals surface area contributed by atoms with Crippen molar-refractivity contribution in [1.82, 2.24) is 9.88 Å². The number of aromatic nitrogens is 1. The summed E-state index contributed by atoms with van der Waals surface area (Å²) in [5.74, 6) is -0.177. The van der Waals surface area contributed by atoms with Gasteiger partial charge in [0.2, 0.25) is 0 Å². The van der Waals surface area contributed by atoms with Gasteiger partial charge < -0.3 is 14.7 Å². The highest BCUT2D eigenvalue weighted by molar-refractivity contribution is 5.92. The molecular weight excluding hydrogens is 355 g/mol. The van der Waals surface area contributed by atoms with E-state index in [0.717, 1.165) is 57.8 Å². The van der Waals surface area contributed by atoms with Crippen LogP contribution in [-0.4, -0.2) is 55.1 Å². The monoisotopic (exact) mass is 384 g/mol. The summed E-state index contributed by atoms with van der Waals surface area (Å²) in [6.07, 6.45) is 3.66. The van der Waals surface area contributed by atoms with Gasteiger partial charge in [0.25, 0.3) is 5.91 Å². The molecule has 28 heavy (non-hydrogen) atoms. The first-order chi connectivity index (χ1) is 13.6. The van der Waals surface area contributed by atoms with Crippen LogP contribution in [-0.2, 0) is 0 Å². The Morgan fingerprint density at radius 3 is 2.21 bits per heavy atom. The number of rotatable bonds is 7. The highest BCUT2D eigenvalue weighted by Crippen LogP contribution is 2.22. The molecule has 6 heteroatoms. The number of carbonyl (C=O) groups excluding carboxylic acids is 1. The van der Waals surface area contributed by atoms with Crippen molar-refractivity contribution < 1.29 is 9.18 Å². The van der Waals surface area contributed by atoms with Crippen LogP contribution in [0.2, 0.25) is 0 Å². The molecule has 1 aliphatic rings. The molecule has 0 bridgehead atoms. The maximum atomic E-state index is 14.0. The Bertz CT molecular complexity index is 766. The zero-order valence-electron chi connectivity index (χ0n) is 16.8. The molecule has 1 aromatic heterocycles. The highest BCUT2D eigenvalue weighted by Gasteiger charge is 2.21. The molecule has 1 saturated heterocycles. The number of hydrogen-bond acceptors (Lipinski definition) is 4. The van der Waals surface area contributed by atoms with Crippen LogP contribution in [0, 0.1) is 5.82 Å². The lowest BCUT2D eigenvalue weighted by Gasteiger charge is -2.37. The van der Waals surface area contributed by atoms with E-state index in [1.165, 1.54) is 6.07 Å². The first-order valence-corrected chi connectivity index (χ1v) is 10.1. The fourth-order valence-electron chi connectivity index (χ4n) is 3.63. The molecule has 1 aromatic carbocycles. The molecule has 0 unspecified atom stereocenters. The third-order valence-electron chi connectivity index (χ3n) is 5.08. The van der Waals surface area contributed by atoms with Gasteiger partial charge in [-0.15, -0.1) is 0 Å². The van der Waals surface area contributed by atoms with Gasteiger partial charge in [0.05, 0.1) is 17.6 Å². The summed E-state index contributed by atoms with van der Waals surface area (Å²) in [6.45, 7) is 8.76. The smallest absolute Gasteiger partial charge is 0.272 e. The van der Waals surface area contributed by atoms with E-state index in [0.29, 0.717) is 11.4 Å². The molecule has 2 heterocycles. The summed E-state index contributed by atoms with van der Waals surface area (Å²) in [5.41, 5.74) is 2.16. The Kier molecular flexibility index (Phi) is 6.85. The average Bonchev–Trinajstić information content (AvgIpc) is 2.74. The third kappa shape index (κ3) is 4.61. The van der Waals surface area contributed by atoms with Gasteiger partial charge in [0.1, 0.15) is 11.5 Å². The number of amides is 1. The molecule has 1 aliphatic heterocycles. The minimum atomic E-state index is -0.177. The molecule has 1 amide bonds. The highest BCUT2D eigenvalue weighted by atomic mass is 19.1. The second-order valence-corrected chi connectivity index (χ2v) is 7.12. The maximum absolute atomic E-state index is 14.0. The molecule has 2 aromatic rings. The molecule has 1 fully saturated rings. The lowest BCUT2D eigenvalue weighted by atomic mass is 10.2. The minimum absolute atomic E-state index is 0.000350. The molecule has 3 rings (SSSR count). The number of benzene rings is 1. The number of halogens is 1. The molecule has 0 saturated carbocycles. The van der Waals surface area contributed by atoms with Crippen LogP contribution >= 0.6 is 0 Å². The maximum Gasteiger partial charge on any atom is 0.272 e. The fraction of sp³-hybridized carbons (Fsp3) is 0.455. The predicted octanol–water partition coefficient (Wildman–Crippen LogP) is 3.81. The standard InChI is InChI=1S/C22H29FN4O/c1-3-11-27(12-4-2)22(28)20-10-9-18(17-24-20)25-13-15-26(16-14-25)21-8-6-5-7-19(21)23/h5-10,17H,3-4,11-16H2,1-2H3.